The lowest BCUT2D eigenvalue weighted by Gasteiger charge is -2.42. The Bertz CT molecular complexity index is 356. The van der Waals surface area contributed by atoms with Gasteiger partial charge in [-0.1, -0.05) is 0 Å². The van der Waals surface area contributed by atoms with E-state index < -0.39 is 0 Å². The van der Waals surface area contributed by atoms with E-state index in [4.69, 9.17) is 10.5 Å². The summed E-state index contributed by atoms with van der Waals surface area (Å²) in [5.74, 6) is 0. The lowest BCUT2D eigenvalue weighted by Crippen LogP contribution is -2.52. The van der Waals surface area contributed by atoms with Crippen molar-refractivity contribution in [2.24, 2.45) is 5.73 Å². The second kappa shape index (κ2) is 6.12. The number of aliphatic hydroxyl groups excluding tert-OH is 1. The van der Waals surface area contributed by atoms with Gasteiger partial charge in [-0.15, -0.1) is 0 Å². The maximum atomic E-state index is 9.30. The largest absolute Gasteiger partial charge is 0.394 e. The molecule has 1 fully saturated rings. The molecule has 0 bridgehead atoms. The average molecular weight is 270 g/mol. The first-order valence-electron chi connectivity index (χ1n) is 6.40. The smallest absolute Gasteiger partial charge is 0.0936 e. The first kappa shape index (κ1) is 14.0. The van der Waals surface area contributed by atoms with E-state index in [1.165, 1.54) is 5.56 Å². The van der Waals surface area contributed by atoms with Gasteiger partial charge in [-0.05, 0) is 36.2 Å². The zero-order chi connectivity index (χ0) is 13.1. The van der Waals surface area contributed by atoms with Crippen LogP contribution >= 0.6 is 11.3 Å². The highest BCUT2D eigenvalue weighted by Gasteiger charge is 2.32. The summed E-state index contributed by atoms with van der Waals surface area (Å²) in [6.45, 7) is 5.74. The molecule has 0 amide bonds. The van der Waals surface area contributed by atoms with E-state index >= 15 is 0 Å². The van der Waals surface area contributed by atoms with Crippen molar-refractivity contribution in [1.82, 2.24) is 4.90 Å². The van der Waals surface area contributed by atoms with Crippen molar-refractivity contribution >= 4 is 11.3 Å². The van der Waals surface area contributed by atoms with Gasteiger partial charge in [0, 0.05) is 19.1 Å². The number of nitrogens with two attached hydrogens (primary N) is 1. The highest BCUT2D eigenvalue weighted by Crippen LogP contribution is 2.28. The third kappa shape index (κ3) is 3.10. The van der Waals surface area contributed by atoms with E-state index in [1.807, 2.05) is 13.8 Å². The Kier molecular flexibility index (Phi) is 4.75. The molecule has 4 atom stereocenters. The van der Waals surface area contributed by atoms with Crippen LogP contribution in [0.25, 0.3) is 0 Å². The Morgan fingerprint density at radius 2 is 2.39 bits per heavy atom. The van der Waals surface area contributed by atoms with Crippen LogP contribution in [0.15, 0.2) is 16.8 Å². The summed E-state index contributed by atoms with van der Waals surface area (Å²) < 4.78 is 5.68. The lowest BCUT2D eigenvalue weighted by atomic mass is 10.0. The van der Waals surface area contributed by atoms with Crippen LogP contribution in [-0.2, 0) is 4.74 Å². The third-order valence-electron chi connectivity index (χ3n) is 3.33. The molecule has 0 aromatic carbocycles. The van der Waals surface area contributed by atoms with Gasteiger partial charge in [-0.3, -0.25) is 4.90 Å². The molecule has 1 aromatic rings. The zero-order valence-electron chi connectivity index (χ0n) is 11.0. The van der Waals surface area contributed by atoms with Crippen molar-refractivity contribution in [2.75, 3.05) is 19.7 Å². The Morgan fingerprint density at radius 1 is 1.61 bits per heavy atom. The summed E-state index contributed by atoms with van der Waals surface area (Å²) in [5.41, 5.74) is 7.42. The Morgan fingerprint density at radius 3 is 2.94 bits per heavy atom. The molecule has 18 heavy (non-hydrogen) atoms. The highest BCUT2D eigenvalue weighted by atomic mass is 32.1. The molecule has 0 spiro atoms. The molecular weight excluding hydrogens is 248 g/mol. The molecule has 2 heterocycles. The summed E-state index contributed by atoms with van der Waals surface area (Å²) in [7, 11) is 0. The van der Waals surface area contributed by atoms with E-state index in [1.54, 1.807) is 11.3 Å². The first-order chi connectivity index (χ1) is 8.61. The molecule has 0 radical (unpaired) electrons. The average Bonchev–Trinajstić information content (AvgIpc) is 2.81. The van der Waals surface area contributed by atoms with Crippen molar-refractivity contribution in [3.05, 3.63) is 22.4 Å². The summed E-state index contributed by atoms with van der Waals surface area (Å²) in [5, 5.41) is 13.5. The minimum absolute atomic E-state index is 0.0595. The van der Waals surface area contributed by atoms with Gasteiger partial charge in [0.05, 0.1) is 24.9 Å². The summed E-state index contributed by atoms with van der Waals surface area (Å²) in [6.07, 6.45) is 0.0319. The van der Waals surface area contributed by atoms with Crippen molar-refractivity contribution in [1.29, 1.82) is 0 Å². The topological polar surface area (TPSA) is 58.7 Å². The van der Waals surface area contributed by atoms with E-state index in [0.717, 1.165) is 13.1 Å². The molecular formula is C13H22N2O2S. The lowest BCUT2D eigenvalue weighted by molar-refractivity contribution is -0.107. The van der Waals surface area contributed by atoms with Crippen molar-refractivity contribution in [3.8, 4) is 0 Å². The van der Waals surface area contributed by atoms with Gasteiger partial charge in [0.2, 0.25) is 0 Å². The number of nitrogens with zero attached hydrogens (tertiary/aromatic N) is 1. The van der Waals surface area contributed by atoms with Crippen molar-refractivity contribution in [2.45, 2.75) is 38.1 Å². The minimum Gasteiger partial charge on any atom is -0.394 e. The second-order valence-corrected chi connectivity index (χ2v) is 5.85. The van der Waals surface area contributed by atoms with Crippen molar-refractivity contribution < 1.29 is 9.84 Å². The standard InChI is InChI=1S/C13H22N2O2S/c1-9-5-15(6-12(7-16)17-9)13(10(2)14)11-3-4-18-8-11/h3-4,8-10,12-13,16H,5-7,14H2,1-2H3. The maximum absolute atomic E-state index is 9.30. The number of morpholine rings is 1. The molecule has 1 aliphatic rings. The number of ether oxygens (including phenoxy) is 1. The highest BCUT2D eigenvalue weighted by molar-refractivity contribution is 7.07. The summed E-state index contributed by atoms with van der Waals surface area (Å²) in [4.78, 5) is 2.34. The molecule has 4 unspecified atom stereocenters. The molecule has 1 aliphatic heterocycles. The molecule has 4 nitrogen and oxygen atoms in total. The van der Waals surface area contributed by atoms with E-state index in [9.17, 15) is 5.11 Å². The molecule has 0 aliphatic carbocycles. The van der Waals surface area contributed by atoms with Gasteiger partial charge >= 0.3 is 0 Å². The molecule has 1 aromatic heterocycles. The molecule has 5 heteroatoms. The number of hydrogen-bond acceptors (Lipinski definition) is 5. The molecule has 3 N–H and O–H groups in total. The fourth-order valence-corrected chi connectivity index (χ4v) is 3.39. The normalized spacial score (nSPS) is 29.1. The van der Waals surface area contributed by atoms with Crippen LogP contribution in [0.4, 0.5) is 0 Å². The van der Waals surface area contributed by atoms with Gasteiger partial charge in [0.1, 0.15) is 0 Å². The molecule has 1 saturated heterocycles. The van der Waals surface area contributed by atoms with Crippen LogP contribution in [0, 0.1) is 0 Å². The van der Waals surface area contributed by atoms with Crippen LogP contribution in [0.3, 0.4) is 0 Å². The van der Waals surface area contributed by atoms with E-state index in [0.29, 0.717) is 0 Å². The van der Waals surface area contributed by atoms with Gasteiger partial charge < -0.3 is 15.6 Å². The van der Waals surface area contributed by atoms with Crippen LogP contribution in [0.1, 0.15) is 25.5 Å². The van der Waals surface area contributed by atoms with E-state index in [-0.39, 0.29) is 30.9 Å². The Labute approximate surface area is 112 Å². The third-order valence-corrected chi connectivity index (χ3v) is 4.04. The predicted molar refractivity (Wildman–Crippen MR) is 73.7 cm³/mol. The minimum atomic E-state index is -0.103. The fourth-order valence-electron chi connectivity index (χ4n) is 2.70. The predicted octanol–water partition coefficient (Wildman–Crippen LogP) is 1.22. The molecule has 2 rings (SSSR count). The zero-order valence-corrected chi connectivity index (χ0v) is 11.8. The van der Waals surface area contributed by atoms with Gasteiger partial charge in [-0.25, -0.2) is 0 Å². The number of hydrogen-bond donors (Lipinski definition) is 2. The maximum Gasteiger partial charge on any atom is 0.0936 e. The SMILES string of the molecule is CC1CN(C(c2ccsc2)C(C)N)CC(CO)O1. The van der Waals surface area contributed by atoms with E-state index in [2.05, 4.69) is 21.7 Å². The van der Waals surface area contributed by atoms with Crippen LogP contribution in [0.5, 0.6) is 0 Å². The first-order valence-corrected chi connectivity index (χ1v) is 7.34. The molecule has 102 valence electrons. The fraction of sp³-hybridized carbons (Fsp3) is 0.692. The second-order valence-electron chi connectivity index (χ2n) is 5.07. The van der Waals surface area contributed by atoms with Gasteiger partial charge in [0.25, 0.3) is 0 Å². The van der Waals surface area contributed by atoms with Crippen molar-refractivity contribution in [3.63, 3.8) is 0 Å². The Hall–Kier alpha value is -0.460. The summed E-state index contributed by atoms with van der Waals surface area (Å²) in [6, 6.07) is 2.40. The quantitative estimate of drug-likeness (QED) is 0.863. The number of aliphatic hydroxyl groups is 1. The number of thiophene rings is 1. The van der Waals surface area contributed by atoms with Gasteiger partial charge in [0.15, 0.2) is 0 Å². The van der Waals surface area contributed by atoms with Gasteiger partial charge in [-0.2, -0.15) is 11.3 Å². The van der Waals surface area contributed by atoms with Crippen LogP contribution < -0.4 is 5.73 Å². The molecule has 0 saturated carbocycles. The monoisotopic (exact) mass is 270 g/mol. The summed E-state index contributed by atoms with van der Waals surface area (Å²) >= 11 is 1.69. The van der Waals surface area contributed by atoms with Crippen LogP contribution in [0.2, 0.25) is 0 Å². The number of rotatable bonds is 4. The Balaban J connectivity index is 2.15. The van der Waals surface area contributed by atoms with Crippen LogP contribution in [-0.4, -0.2) is 48.0 Å².